The molecule has 1 heterocycles. The molecule has 1 aliphatic rings. The molecule has 0 aromatic heterocycles. The lowest BCUT2D eigenvalue weighted by molar-refractivity contribution is -0.144. The van der Waals surface area contributed by atoms with Crippen LogP contribution in [0.15, 0.2) is 12.1 Å². The summed E-state index contributed by atoms with van der Waals surface area (Å²) >= 11 is 0. The number of hydrogen-bond acceptors (Lipinski definition) is 4. The summed E-state index contributed by atoms with van der Waals surface area (Å²) in [5, 5.41) is 9.48. The fourth-order valence-electron chi connectivity index (χ4n) is 3.94. The van der Waals surface area contributed by atoms with E-state index < -0.39 is 12.0 Å². The number of methoxy groups -OCH3 is 2. The zero-order valence-electron chi connectivity index (χ0n) is 16.9. The minimum absolute atomic E-state index is 0.0542. The zero-order valence-corrected chi connectivity index (χ0v) is 16.9. The van der Waals surface area contributed by atoms with Crippen LogP contribution in [-0.4, -0.2) is 42.6 Å². The molecule has 1 aromatic rings. The van der Waals surface area contributed by atoms with E-state index in [1.54, 1.807) is 19.1 Å². The molecule has 1 N–H and O–H groups in total. The quantitative estimate of drug-likeness (QED) is 0.748. The van der Waals surface area contributed by atoms with Crippen LogP contribution in [0.5, 0.6) is 11.5 Å². The molecule has 0 bridgehead atoms. The first kappa shape index (κ1) is 21.1. The summed E-state index contributed by atoms with van der Waals surface area (Å²) in [7, 11) is 3.13. The van der Waals surface area contributed by atoms with Gasteiger partial charge in [0.2, 0.25) is 5.91 Å². The number of carboxylic acid groups (broad SMARTS) is 1. The van der Waals surface area contributed by atoms with Gasteiger partial charge in [-0.1, -0.05) is 27.2 Å². The van der Waals surface area contributed by atoms with Crippen molar-refractivity contribution in [2.45, 2.75) is 52.5 Å². The summed E-state index contributed by atoms with van der Waals surface area (Å²) in [6.07, 6.45) is 2.29. The van der Waals surface area contributed by atoms with Crippen molar-refractivity contribution in [3.63, 3.8) is 0 Å². The summed E-state index contributed by atoms with van der Waals surface area (Å²) in [5.41, 5.74) is 1.85. The molecule has 0 spiro atoms. The molecular formula is C21H31NO5. The minimum Gasteiger partial charge on any atom is -0.493 e. The number of aliphatic carboxylic acids is 1. The molecule has 0 radical (unpaired) electrons. The summed E-state index contributed by atoms with van der Waals surface area (Å²) in [6.45, 7) is 6.69. The Hall–Kier alpha value is -2.24. The number of carbonyl (C=O) groups is 2. The molecule has 27 heavy (non-hydrogen) atoms. The highest BCUT2D eigenvalue weighted by Crippen LogP contribution is 2.40. The van der Waals surface area contributed by atoms with E-state index in [0.717, 1.165) is 24.0 Å². The van der Waals surface area contributed by atoms with Crippen molar-refractivity contribution in [2.24, 2.45) is 11.8 Å². The Labute approximate surface area is 161 Å². The zero-order chi connectivity index (χ0) is 20.1. The summed E-state index contributed by atoms with van der Waals surface area (Å²) in [6, 6.07) is 3.24. The van der Waals surface area contributed by atoms with E-state index in [2.05, 4.69) is 20.8 Å². The van der Waals surface area contributed by atoms with Crippen molar-refractivity contribution in [3.8, 4) is 11.5 Å². The van der Waals surface area contributed by atoms with Gasteiger partial charge in [0.1, 0.15) is 0 Å². The van der Waals surface area contributed by atoms with Crippen LogP contribution >= 0.6 is 0 Å². The lowest BCUT2D eigenvalue weighted by atomic mass is 9.85. The van der Waals surface area contributed by atoms with Crippen LogP contribution < -0.4 is 9.47 Å². The van der Waals surface area contributed by atoms with Crippen LogP contribution in [0.2, 0.25) is 0 Å². The number of hydrogen-bond donors (Lipinski definition) is 1. The van der Waals surface area contributed by atoms with E-state index in [1.807, 2.05) is 12.1 Å². The fourth-order valence-corrected chi connectivity index (χ4v) is 3.94. The van der Waals surface area contributed by atoms with Gasteiger partial charge in [-0.3, -0.25) is 9.59 Å². The van der Waals surface area contributed by atoms with Crippen molar-refractivity contribution in [2.75, 3.05) is 20.8 Å². The molecular weight excluding hydrogens is 346 g/mol. The number of amides is 1. The van der Waals surface area contributed by atoms with Gasteiger partial charge in [-0.2, -0.15) is 0 Å². The van der Waals surface area contributed by atoms with E-state index in [-0.39, 0.29) is 24.2 Å². The number of benzene rings is 1. The molecule has 6 heteroatoms. The van der Waals surface area contributed by atoms with Crippen molar-refractivity contribution in [1.82, 2.24) is 4.90 Å². The average molecular weight is 377 g/mol. The lowest BCUT2D eigenvalue weighted by Gasteiger charge is -2.39. The maximum Gasteiger partial charge on any atom is 0.305 e. The Balaban J connectivity index is 2.46. The molecule has 2 atom stereocenters. The van der Waals surface area contributed by atoms with Gasteiger partial charge in [0.15, 0.2) is 11.5 Å². The van der Waals surface area contributed by atoms with E-state index in [9.17, 15) is 14.7 Å². The highest BCUT2D eigenvalue weighted by Gasteiger charge is 2.36. The smallest absolute Gasteiger partial charge is 0.305 e. The van der Waals surface area contributed by atoms with Gasteiger partial charge in [0.25, 0.3) is 0 Å². The van der Waals surface area contributed by atoms with Crippen LogP contribution in [-0.2, 0) is 16.0 Å². The topological polar surface area (TPSA) is 76.1 Å². The van der Waals surface area contributed by atoms with Crippen molar-refractivity contribution in [3.05, 3.63) is 23.3 Å². The largest absolute Gasteiger partial charge is 0.493 e. The average Bonchev–Trinajstić information content (AvgIpc) is 2.64. The Morgan fingerprint density at radius 1 is 1.22 bits per heavy atom. The maximum absolute atomic E-state index is 13.3. The molecule has 1 aromatic carbocycles. The van der Waals surface area contributed by atoms with Gasteiger partial charge in [-0.15, -0.1) is 0 Å². The van der Waals surface area contributed by atoms with Crippen LogP contribution in [0.4, 0.5) is 0 Å². The fraction of sp³-hybridized carbons (Fsp3) is 0.619. The van der Waals surface area contributed by atoms with E-state index in [0.29, 0.717) is 24.5 Å². The number of nitrogens with zero attached hydrogens (tertiary/aromatic N) is 1. The SMILES string of the molecule is CCCC(C(=O)N1CCc2cc(OC)c(OC)cc2C1CC(=O)O)C(C)C. The van der Waals surface area contributed by atoms with Crippen molar-refractivity contribution < 1.29 is 24.2 Å². The molecule has 0 saturated carbocycles. The Kier molecular flexibility index (Phi) is 7.11. The van der Waals surface area contributed by atoms with E-state index in [1.165, 1.54) is 0 Å². The number of fused-ring (bicyclic) bond motifs is 1. The molecule has 150 valence electrons. The predicted molar refractivity (Wildman–Crippen MR) is 103 cm³/mol. The molecule has 0 aliphatic carbocycles. The molecule has 2 rings (SSSR count). The van der Waals surface area contributed by atoms with Crippen LogP contribution in [0.1, 0.15) is 57.2 Å². The second-order valence-corrected chi connectivity index (χ2v) is 7.44. The first-order valence-electron chi connectivity index (χ1n) is 9.61. The van der Waals surface area contributed by atoms with Gasteiger partial charge < -0.3 is 19.5 Å². The molecule has 0 fully saturated rings. The van der Waals surface area contributed by atoms with E-state index in [4.69, 9.17) is 9.47 Å². The normalized spacial score (nSPS) is 17.4. The summed E-state index contributed by atoms with van der Waals surface area (Å²) < 4.78 is 10.8. The maximum atomic E-state index is 13.3. The van der Waals surface area contributed by atoms with Crippen molar-refractivity contribution in [1.29, 1.82) is 0 Å². The first-order chi connectivity index (χ1) is 12.8. The molecule has 1 amide bonds. The van der Waals surface area contributed by atoms with Gasteiger partial charge in [0, 0.05) is 12.5 Å². The Morgan fingerprint density at radius 3 is 2.37 bits per heavy atom. The molecule has 1 aliphatic heterocycles. The number of ether oxygens (including phenoxy) is 2. The van der Waals surface area contributed by atoms with Crippen molar-refractivity contribution >= 4 is 11.9 Å². The Morgan fingerprint density at radius 2 is 1.85 bits per heavy atom. The van der Waals surface area contributed by atoms with Gasteiger partial charge in [0.05, 0.1) is 26.7 Å². The third-order valence-electron chi connectivity index (χ3n) is 5.38. The third kappa shape index (κ3) is 4.54. The minimum atomic E-state index is -0.919. The lowest BCUT2D eigenvalue weighted by Crippen LogP contribution is -2.45. The monoisotopic (exact) mass is 377 g/mol. The van der Waals surface area contributed by atoms with Crippen LogP contribution in [0.3, 0.4) is 0 Å². The molecule has 0 saturated heterocycles. The van der Waals surface area contributed by atoms with Gasteiger partial charge in [-0.25, -0.2) is 0 Å². The highest BCUT2D eigenvalue weighted by atomic mass is 16.5. The summed E-state index contributed by atoms with van der Waals surface area (Å²) in [5.74, 6) is 0.435. The van der Waals surface area contributed by atoms with Gasteiger partial charge >= 0.3 is 5.97 Å². The Bertz CT molecular complexity index is 685. The third-order valence-corrected chi connectivity index (χ3v) is 5.38. The van der Waals surface area contributed by atoms with Crippen LogP contribution in [0.25, 0.3) is 0 Å². The summed E-state index contributed by atoms with van der Waals surface area (Å²) in [4.78, 5) is 26.6. The highest BCUT2D eigenvalue weighted by molar-refractivity contribution is 5.81. The molecule has 2 unspecified atom stereocenters. The second kappa shape index (κ2) is 9.11. The van der Waals surface area contributed by atoms with Crippen LogP contribution in [0, 0.1) is 11.8 Å². The number of carboxylic acids is 1. The molecule has 6 nitrogen and oxygen atoms in total. The standard InChI is InChI=1S/C21H31NO5/c1-6-7-15(13(2)3)21(25)22-9-8-14-10-18(26-4)19(27-5)11-16(14)17(22)12-20(23)24/h10-11,13,15,17H,6-9,12H2,1-5H3,(H,23,24). The number of carbonyl (C=O) groups excluding carboxylic acids is 1. The second-order valence-electron chi connectivity index (χ2n) is 7.44. The number of rotatable bonds is 8. The predicted octanol–water partition coefficient (Wildman–Crippen LogP) is 3.68. The van der Waals surface area contributed by atoms with E-state index >= 15 is 0 Å². The first-order valence-corrected chi connectivity index (χ1v) is 9.61. The van der Waals surface area contributed by atoms with Gasteiger partial charge in [-0.05, 0) is 42.0 Å².